The number of halogens is 3. The normalized spacial score (nSPS) is 19.7. The van der Waals surface area contributed by atoms with Crippen molar-refractivity contribution in [2.45, 2.75) is 25.2 Å². The summed E-state index contributed by atoms with van der Waals surface area (Å²) in [5.41, 5.74) is -1.52. The lowest BCUT2D eigenvalue weighted by Crippen LogP contribution is -2.41. The molecule has 2 aromatic carbocycles. The summed E-state index contributed by atoms with van der Waals surface area (Å²) in [6.07, 6.45) is -4.56. The topological polar surface area (TPSA) is 73.2 Å². The minimum atomic E-state index is -4.56. The van der Waals surface area contributed by atoms with Gasteiger partial charge >= 0.3 is 12.2 Å². The Morgan fingerprint density at radius 2 is 1.85 bits per heavy atom. The molecule has 3 rings (SSSR count). The number of urea groups is 1. The van der Waals surface area contributed by atoms with Gasteiger partial charge in [-0.1, -0.05) is 24.3 Å². The summed E-state index contributed by atoms with van der Waals surface area (Å²) in [5, 5.41) is 11.4. The predicted octanol–water partition coefficient (Wildman–Crippen LogP) is 3.54. The molecule has 0 unspecified atom stereocenters. The van der Waals surface area contributed by atoms with Crippen LogP contribution in [0, 0.1) is 11.3 Å². The van der Waals surface area contributed by atoms with Gasteiger partial charge in [-0.2, -0.15) is 18.4 Å². The molecule has 5 nitrogen and oxygen atoms in total. The van der Waals surface area contributed by atoms with Crippen molar-refractivity contribution in [2.24, 2.45) is 0 Å². The summed E-state index contributed by atoms with van der Waals surface area (Å²) in [6.45, 7) is 1.28. The molecule has 0 bridgehead atoms. The molecule has 27 heavy (non-hydrogen) atoms. The van der Waals surface area contributed by atoms with E-state index in [1.807, 2.05) is 6.07 Å². The highest BCUT2D eigenvalue weighted by molar-refractivity contribution is 6.07. The minimum Gasteiger partial charge on any atom is -0.319 e. The number of nitrogens with zero attached hydrogens (tertiary/aromatic N) is 2. The third-order valence-corrected chi connectivity index (χ3v) is 4.44. The Morgan fingerprint density at radius 1 is 1.15 bits per heavy atom. The first kappa shape index (κ1) is 18.5. The number of hydrogen-bond donors (Lipinski definition) is 1. The monoisotopic (exact) mass is 373 g/mol. The quantitative estimate of drug-likeness (QED) is 0.837. The second-order valence-electron chi connectivity index (χ2n) is 6.34. The average Bonchev–Trinajstić information content (AvgIpc) is 2.85. The third-order valence-electron chi connectivity index (χ3n) is 4.44. The first-order valence-corrected chi connectivity index (χ1v) is 7.96. The van der Waals surface area contributed by atoms with Gasteiger partial charge in [0.2, 0.25) is 0 Å². The highest BCUT2D eigenvalue weighted by atomic mass is 19.4. The van der Waals surface area contributed by atoms with Crippen LogP contribution in [0.2, 0.25) is 0 Å². The lowest BCUT2D eigenvalue weighted by molar-refractivity contribution is -0.138. The lowest BCUT2D eigenvalue weighted by Gasteiger charge is -2.23. The van der Waals surface area contributed by atoms with Crippen molar-refractivity contribution >= 4 is 11.9 Å². The van der Waals surface area contributed by atoms with E-state index in [0.29, 0.717) is 11.1 Å². The number of rotatable bonds is 3. The molecule has 3 amide bonds. The van der Waals surface area contributed by atoms with Gasteiger partial charge < -0.3 is 5.32 Å². The largest absolute Gasteiger partial charge is 0.416 e. The first-order valence-electron chi connectivity index (χ1n) is 7.96. The molecule has 1 atom stereocenters. The molecule has 1 fully saturated rings. The van der Waals surface area contributed by atoms with Crippen LogP contribution in [0.25, 0.3) is 0 Å². The first-order chi connectivity index (χ1) is 12.6. The van der Waals surface area contributed by atoms with E-state index in [4.69, 9.17) is 5.26 Å². The Morgan fingerprint density at radius 3 is 2.52 bits per heavy atom. The molecule has 1 saturated heterocycles. The fourth-order valence-corrected chi connectivity index (χ4v) is 2.96. The van der Waals surface area contributed by atoms with Gasteiger partial charge in [0.15, 0.2) is 0 Å². The summed E-state index contributed by atoms with van der Waals surface area (Å²) >= 11 is 0. The standard InChI is InChI=1S/C19H14F3N3O2/c1-18(14-6-3-7-15(9-14)19(20,21)22)16(26)25(17(27)24-18)11-13-5-2-4-12(8-13)10-23/h2-9H,11H2,1H3,(H,24,27)/t18-/m1/s1. The number of benzene rings is 2. The van der Waals surface area contributed by atoms with Crippen LogP contribution in [0.15, 0.2) is 48.5 Å². The molecular weight excluding hydrogens is 359 g/mol. The summed E-state index contributed by atoms with van der Waals surface area (Å²) in [7, 11) is 0. The molecule has 138 valence electrons. The van der Waals surface area contributed by atoms with E-state index >= 15 is 0 Å². The van der Waals surface area contributed by atoms with Crippen LogP contribution >= 0.6 is 0 Å². The van der Waals surface area contributed by atoms with Gasteiger partial charge in [0.25, 0.3) is 5.91 Å². The van der Waals surface area contributed by atoms with Gasteiger partial charge in [-0.3, -0.25) is 9.69 Å². The number of imide groups is 1. The molecule has 0 saturated carbocycles. The molecule has 0 radical (unpaired) electrons. The minimum absolute atomic E-state index is 0.0453. The van der Waals surface area contributed by atoms with Crippen LogP contribution < -0.4 is 5.32 Å². The smallest absolute Gasteiger partial charge is 0.319 e. The second kappa shape index (κ2) is 6.43. The molecule has 0 spiro atoms. The predicted molar refractivity (Wildman–Crippen MR) is 89.0 cm³/mol. The van der Waals surface area contributed by atoms with Crippen LogP contribution in [-0.4, -0.2) is 16.8 Å². The number of carbonyl (C=O) groups is 2. The van der Waals surface area contributed by atoms with Gasteiger partial charge in [0, 0.05) is 0 Å². The van der Waals surface area contributed by atoms with E-state index in [1.54, 1.807) is 24.3 Å². The molecule has 0 aliphatic carbocycles. The highest BCUT2D eigenvalue weighted by Gasteiger charge is 2.49. The molecule has 1 N–H and O–H groups in total. The molecule has 2 aromatic rings. The second-order valence-corrected chi connectivity index (χ2v) is 6.34. The average molecular weight is 373 g/mol. The van der Waals surface area contributed by atoms with E-state index in [1.165, 1.54) is 19.1 Å². The Kier molecular flexibility index (Phi) is 4.39. The SMILES string of the molecule is C[C@]1(c2cccc(C(F)(F)F)c2)NC(=O)N(Cc2cccc(C#N)c2)C1=O. The maximum absolute atomic E-state index is 13.0. The zero-order valence-corrected chi connectivity index (χ0v) is 14.2. The van der Waals surface area contributed by atoms with Gasteiger partial charge in [-0.05, 0) is 42.3 Å². The maximum atomic E-state index is 13.0. The van der Waals surface area contributed by atoms with Gasteiger partial charge in [0.05, 0.1) is 23.7 Å². The number of alkyl halides is 3. The number of hydrogen-bond acceptors (Lipinski definition) is 3. The molecule has 1 aliphatic heterocycles. The fourth-order valence-electron chi connectivity index (χ4n) is 2.96. The van der Waals surface area contributed by atoms with E-state index in [-0.39, 0.29) is 12.1 Å². The summed E-state index contributed by atoms with van der Waals surface area (Å²) < 4.78 is 38.9. The fraction of sp³-hybridized carbons (Fsp3) is 0.211. The van der Waals surface area contributed by atoms with Crippen molar-refractivity contribution in [1.82, 2.24) is 10.2 Å². The highest BCUT2D eigenvalue weighted by Crippen LogP contribution is 2.35. The molecular formula is C19H14F3N3O2. The molecule has 1 aliphatic rings. The molecule has 8 heteroatoms. The van der Waals surface area contributed by atoms with Gasteiger partial charge in [-0.15, -0.1) is 0 Å². The van der Waals surface area contributed by atoms with E-state index < -0.39 is 29.2 Å². The maximum Gasteiger partial charge on any atom is 0.416 e. The zero-order valence-electron chi connectivity index (χ0n) is 14.2. The van der Waals surface area contributed by atoms with Crippen LogP contribution in [-0.2, 0) is 23.1 Å². The Labute approximate surface area is 153 Å². The van der Waals surface area contributed by atoms with E-state index in [0.717, 1.165) is 17.0 Å². The number of nitrogens with one attached hydrogen (secondary N) is 1. The summed E-state index contributed by atoms with van der Waals surface area (Å²) in [6, 6.07) is 12.0. The summed E-state index contributed by atoms with van der Waals surface area (Å²) in [5.74, 6) is -0.658. The van der Waals surface area contributed by atoms with Crippen molar-refractivity contribution in [2.75, 3.05) is 0 Å². The Hall–Kier alpha value is -3.34. The number of nitriles is 1. The van der Waals surface area contributed by atoms with Crippen LogP contribution in [0.1, 0.15) is 29.2 Å². The lowest BCUT2D eigenvalue weighted by atomic mass is 9.90. The third kappa shape index (κ3) is 3.36. The van der Waals surface area contributed by atoms with Crippen LogP contribution in [0.4, 0.5) is 18.0 Å². The van der Waals surface area contributed by atoms with Crippen molar-refractivity contribution in [3.63, 3.8) is 0 Å². The zero-order chi connectivity index (χ0) is 19.8. The Balaban J connectivity index is 1.92. The van der Waals surface area contributed by atoms with Crippen molar-refractivity contribution in [3.8, 4) is 6.07 Å². The van der Waals surface area contributed by atoms with E-state index in [9.17, 15) is 22.8 Å². The molecule has 0 aromatic heterocycles. The molecule has 1 heterocycles. The van der Waals surface area contributed by atoms with Crippen LogP contribution in [0.5, 0.6) is 0 Å². The summed E-state index contributed by atoms with van der Waals surface area (Å²) in [4.78, 5) is 26.1. The number of carbonyl (C=O) groups excluding carboxylic acids is 2. The van der Waals surface area contributed by atoms with Crippen molar-refractivity contribution < 1.29 is 22.8 Å². The van der Waals surface area contributed by atoms with Crippen molar-refractivity contribution in [3.05, 3.63) is 70.8 Å². The van der Waals surface area contributed by atoms with Gasteiger partial charge in [-0.25, -0.2) is 4.79 Å². The Bertz CT molecular complexity index is 965. The number of amides is 3. The van der Waals surface area contributed by atoms with E-state index in [2.05, 4.69) is 5.32 Å². The van der Waals surface area contributed by atoms with Crippen LogP contribution in [0.3, 0.4) is 0 Å². The van der Waals surface area contributed by atoms with Gasteiger partial charge in [0.1, 0.15) is 5.54 Å². The van der Waals surface area contributed by atoms with Crippen molar-refractivity contribution in [1.29, 1.82) is 5.26 Å².